The molecule has 2 aromatic rings. The number of anilines is 1. The van der Waals surface area contributed by atoms with Crippen LogP contribution in [0.3, 0.4) is 0 Å². The maximum absolute atomic E-state index is 13.2. The van der Waals surface area contributed by atoms with Gasteiger partial charge < -0.3 is 10.5 Å². The lowest BCUT2D eigenvalue weighted by Gasteiger charge is -2.42. The summed E-state index contributed by atoms with van der Waals surface area (Å²) in [5.74, 6) is 0.186. The molecule has 8 heteroatoms. The predicted molar refractivity (Wildman–Crippen MR) is 79.6 cm³/mol. The third-order valence-corrected chi connectivity index (χ3v) is 3.67. The van der Waals surface area contributed by atoms with Crippen molar-refractivity contribution in [3.05, 3.63) is 12.3 Å². The minimum atomic E-state index is -4.40. The first-order valence-corrected chi connectivity index (χ1v) is 7.16. The van der Waals surface area contributed by atoms with E-state index in [9.17, 15) is 13.2 Å². The minimum Gasteiger partial charge on any atom is -0.477 e. The summed E-state index contributed by atoms with van der Waals surface area (Å²) in [7, 11) is 1.64. The van der Waals surface area contributed by atoms with Crippen LogP contribution in [0.4, 0.5) is 19.0 Å². The van der Waals surface area contributed by atoms with Gasteiger partial charge in [0.1, 0.15) is 11.6 Å². The lowest BCUT2D eigenvalue weighted by Crippen LogP contribution is -2.55. The van der Waals surface area contributed by atoms with Gasteiger partial charge in [0.05, 0.1) is 11.6 Å². The monoisotopic (exact) mass is 318 g/mol. The summed E-state index contributed by atoms with van der Waals surface area (Å²) in [5.41, 5.74) is 3.92. The van der Waals surface area contributed by atoms with Crippen LogP contribution < -0.4 is 10.5 Å². The molecule has 0 aromatic carbocycles. The second-order valence-electron chi connectivity index (χ2n) is 5.00. The number of hydrogen-bond acceptors (Lipinski definition) is 4. The highest BCUT2D eigenvalue weighted by Crippen LogP contribution is 2.49. The van der Waals surface area contributed by atoms with Gasteiger partial charge in [0.15, 0.2) is 5.65 Å². The molecular weight excluding hydrogens is 297 g/mol. The van der Waals surface area contributed by atoms with E-state index in [1.54, 1.807) is 7.05 Å². The first-order valence-electron chi connectivity index (χ1n) is 7.16. The highest BCUT2D eigenvalue weighted by atomic mass is 19.4. The number of aryl methyl sites for hydroxylation is 1. The molecule has 0 saturated heterocycles. The number of aromatic nitrogens is 3. The van der Waals surface area contributed by atoms with E-state index in [4.69, 9.17) is 10.5 Å². The van der Waals surface area contributed by atoms with E-state index in [2.05, 4.69) is 10.1 Å². The molecule has 1 aliphatic rings. The fraction of sp³-hybridized carbons (Fsp3) is 0.571. The minimum absolute atomic E-state index is 0. The molecule has 2 heterocycles. The normalized spacial score (nSPS) is 16.6. The second kappa shape index (κ2) is 5.66. The zero-order valence-electron chi connectivity index (χ0n) is 12.7. The Morgan fingerprint density at radius 1 is 1.36 bits per heavy atom. The Kier molecular flexibility index (Phi) is 4.21. The number of alkyl halides is 3. The van der Waals surface area contributed by atoms with Crippen LogP contribution in [0.5, 0.6) is 5.75 Å². The molecule has 2 N–H and O–H groups in total. The number of ether oxygens (including phenoxy) is 1. The van der Waals surface area contributed by atoms with Gasteiger partial charge in [-0.05, 0) is 19.3 Å². The number of nitrogen functional groups attached to an aromatic ring is 1. The Labute approximate surface area is 127 Å². The van der Waals surface area contributed by atoms with E-state index >= 15 is 0 Å². The van der Waals surface area contributed by atoms with Crippen molar-refractivity contribution in [1.29, 1.82) is 0 Å². The summed E-state index contributed by atoms with van der Waals surface area (Å²) in [6.45, 7) is 4.00. The van der Waals surface area contributed by atoms with Crippen molar-refractivity contribution in [3.63, 3.8) is 0 Å². The molecule has 0 radical (unpaired) electrons. The fourth-order valence-electron chi connectivity index (χ4n) is 2.34. The van der Waals surface area contributed by atoms with Crippen LogP contribution in [-0.2, 0) is 7.05 Å². The van der Waals surface area contributed by atoms with Crippen molar-refractivity contribution in [2.45, 2.75) is 44.9 Å². The summed E-state index contributed by atoms with van der Waals surface area (Å²) >= 11 is 0. The molecule has 0 spiro atoms. The molecule has 0 bridgehead atoms. The molecule has 1 aliphatic carbocycles. The van der Waals surface area contributed by atoms with E-state index in [1.165, 1.54) is 16.9 Å². The van der Waals surface area contributed by atoms with Crippen LogP contribution in [0.25, 0.3) is 11.0 Å². The highest BCUT2D eigenvalue weighted by molar-refractivity contribution is 5.83. The standard InChI is InChI=1S/C12H13F3N4O.C2H6.H2/c1-19-10-7(6-17-19)8(5-9(16)18-10)20-11(3-2-4-11)12(13,14)15;1-2;/h5-6H,2-4H2,1H3,(H2,16,18);1-2H3;1H. The number of nitrogens with zero attached hydrogens (tertiary/aromatic N) is 3. The fourth-order valence-corrected chi connectivity index (χ4v) is 2.34. The predicted octanol–water partition coefficient (Wildman–Crippen LogP) is 3.69. The molecule has 0 atom stereocenters. The Hall–Kier alpha value is -1.99. The van der Waals surface area contributed by atoms with E-state index < -0.39 is 11.8 Å². The largest absolute Gasteiger partial charge is 0.477 e. The summed E-state index contributed by atoms with van der Waals surface area (Å²) < 4.78 is 46.2. The third kappa shape index (κ3) is 2.57. The average molecular weight is 318 g/mol. The van der Waals surface area contributed by atoms with Crippen molar-refractivity contribution < 1.29 is 19.3 Å². The maximum atomic E-state index is 13.2. The number of pyridine rings is 1. The number of rotatable bonds is 2. The zero-order valence-corrected chi connectivity index (χ0v) is 12.7. The van der Waals surface area contributed by atoms with Crippen LogP contribution in [0, 0.1) is 0 Å². The first kappa shape index (κ1) is 16.4. The van der Waals surface area contributed by atoms with Gasteiger partial charge in [0.25, 0.3) is 0 Å². The molecule has 0 aliphatic heterocycles. The molecule has 1 fully saturated rings. The molecule has 5 nitrogen and oxygen atoms in total. The number of halogens is 3. The van der Waals surface area contributed by atoms with E-state index in [-0.39, 0.29) is 25.8 Å². The van der Waals surface area contributed by atoms with Crippen molar-refractivity contribution in [2.24, 2.45) is 7.05 Å². The van der Waals surface area contributed by atoms with Gasteiger partial charge in [0, 0.05) is 14.5 Å². The molecule has 124 valence electrons. The summed E-state index contributed by atoms with van der Waals surface area (Å²) in [5, 5.41) is 4.40. The topological polar surface area (TPSA) is 66.0 Å². The van der Waals surface area contributed by atoms with E-state index in [0.29, 0.717) is 17.5 Å². The molecule has 2 aromatic heterocycles. The van der Waals surface area contributed by atoms with Crippen molar-refractivity contribution >= 4 is 16.9 Å². The Morgan fingerprint density at radius 2 is 2.00 bits per heavy atom. The third-order valence-electron chi connectivity index (χ3n) is 3.67. The van der Waals surface area contributed by atoms with Crippen LogP contribution in [-0.4, -0.2) is 26.5 Å². The van der Waals surface area contributed by atoms with Gasteiger partial charge in [-0.25, -0.2) is 4.98 Å². The molecule has 3 rings (SSSR count). The lowest BCUT2D eigenvalue weighted by molar-refractivity contribution is -0.274. The smallest absolute Gasteiger partial charge is 0.428 e. The van der Waals surface area contributed by atoms with Crippen LogP contribution in [0.2, 0.25) is 0 Å². The Balaban J connectivity index is 0.000000849. The van der Waals surface area contributed by atoms with Gasteiger partial charge in [-0.1, -0.05) is 13.8 Å². The average Bonchev–Trinajstić information content (AvgIpc) is 2.76. The zero-order chi connectivity index (χ0) is 16.5. The summed E-state index contributed by atoms with van der Waals surface area (Å²) in [4.78, 5) is 4.05. The van der Waals surface area contributed by atoms with Gasteiger partial charge >= 0.3 is 6.18 Å². The number of nitrogens with two attached hydrogens (primary N) is 1. The Morgan fingerprint density at radius 3 is 2.50 bits per heavy atom. The van der Waals surface area contributed by atoms with E-state index in [0.717, 1.165) is 0 Å². The van der Waals surface area contributed by atoms with Gasteiger partial charge in [-0.3, -0.25) is 4.68 Å². The first-order chi connectivity index (χ1) is 10.3. The molecule has 0 amide bonds. The van der Waals surface area contributed by atoms with Crippen molar-refractivity contribution in [2.75, 3.05) is 5.73 Å². The second-order valence-corrected chi connectivity index (χ2v) is 5.00. The van der Waals surface area contributed by atoms with Gasteiger partial charge in [-0.2, -0.15) is 18.3 Å². The van der Waals surface area contributed by atoms with Crippen LogP contribution in [0.1, 0.15) is 34.5 Å². The van der Waals surface area contributed by atoms with Crippen LogP contribution in [0.15, 0.2) is 12.3 Å². The summed E-state index contributed by atoms with van der Waals surface area (Å²) in [6.07, 6.45) is -2.56. The molecule has 0 unspecified atom stereocenters. The lowest BCUT2D eigenvalue weighted by atomic mass is 9.79. The SMILES string of the molecule is CC.Cn1ncc2c(OC3(C(F)(F)F)CCC3)cc(N)nc21.[HH]. The van der Waals surface area contributed by atoms with Crippen molar-refractivity contribution in [1.82, 2.24) is 14.8 Å². The van der Waals surface area contributed by atoms with Gasteiger partial charge in [0.2, 0.25) is 5.60 Å². The maximum Gasteiger partial charge on any atom is 0.428 e. The quantitative estimate of drug-likeness (QED) is 0.917. The summed E-state index contributed by atoms with van der Waals surface area (Å²) in [6, 6.07) is 1.32. The molecule has 1 saturated carbocycles. The number of fused-ring (bicyclic) bond motifs is 1. The van der Waals surface area contributed by atoms with Gasteiger partial charge in [-0.15, -0.1) is 0 Å². The van der Waals surface area contributed by atoms with Crippen LogP contribution >= 0.6 is 0 Å². The molecular formula is C14H21F3N4O. The van der Waals surface area contributed by atoms with Crippen molar-refractivity contribution in [3.8, 4) is 5.75 Å². The van der Waals surface area contributed by atoms with E-state index in [1.807, 2.05) is 13.8 Å². The highest BCUT2D eigenvalue weighted by Gasteiger charge is 2.61. The number of hydrogen-bond donors (Lipinski definition) is 1. The molecule has 22 heavy (non-hydrogen) atoms. The Bertz CT molecular complexity index is 668.